The monoisotopic (exact) mass is 169 g/mol. The second kappa shape index (κ2) is 3.35. The molecule has 2 heteroatoms. The van der Waals surface area contributed by atoms with Crippen LogP contribution in [0.5, 0.6) is 0 Å². The summed E-state index contributed by atoms with van der Waals surface area (Å²) in [6.07, 6.45) is 5.40. The van der Waals surface area contributed by atoms with Gasteiger partial charge in [0.25, 0.3) is 0 Å². The van der Waals surface area contributed by atoms with Gasteiger partial charge < -0.3 is 9.64 Å². The zero-order chi connectivity index (χ0) is 8.44. The van der Waals surface area contributed by atoms with Crippen molar-refractivity contribution in [2.45, 2.75) is 25.7 Å². The maximum atomic E-state index is 5.41. The normalized spacial score (nSPS) is 30.8. The van der Waals surface area contributed by atoms with Crippen LogP contribution in [0.1, 0.15) is 25.7 Å². The minimum atomic E-state index is 0.671. The molecule has 70 valence electrons. The molecular weight excluding hydrogens is 150 g/mol. The molecule has 0 saturated carbocycles. The Balaban J connectivity index is 1.92. The molecule has 2 aliphatic heterocycles. The fourth-order valence-corrected chi connectivity index (χ4v) is 2.40. The highest BCUT2D eigenvalue weighted by atomic mass is 16.5. The third kappa shape index (κ3) is 1.64. The lowest BCUT2D eigenvalue weighted by molar-refractivity contribution is -0.0167. The Morgan fingerprint density at radius 1 is 1.00 bits per heavy atom. The van der Waals surface area contributed by atoms with Crippen LogP contribution in [-0.2, 0) is 4.74 Å². The molecule has 2 fully saturated rings. The van der Waals surface area contributed by atoms with Crippen molar-refractivity contribution in [3.05, 3.63) is 0 Å². The average Bonchev–Trinajstić information content (AvgIpc) is 2.13. The van der Waals surface area contributed by atoms with Crippen LogP contribution >= 0.6 is 0 Å². The Hall–Kier alpha value is -0.0800. The molecule has 2 rings (SSSR count). The van der Waals surface area contributed by atoms with Gasteiger partial charge in [0.2, 0.25) is 0 Å². The molecule has 0 radical (unpaired) electrons. The summed E-state index contributed by atoms with van der Waals surface area (Å²) >= 11 is 0. The number of hydrogen-bond acceptors (Lipinski definition) is 2. The largest absolute Gasteiger partial charge is 0.381 e. The van der Waals surface area contributed by atoms with Gasteiger partial charge in [0, 0.05) is 13.2 Å². The Morgan fingerprint density at radius 3 is 2.17 bits per heavy atom. The Bertz CT molecular complexity index is 142. The smallest absolute Gasteiger partial charge is 0.0471 e. The first kappa shape index (κ1) is 8.52. The minimum absolute atomic E-state index is 0.671. The molecular formula is C10H19NO. The van der Waals surface area contributed by atoms with Gasteiger partial charge in [0.15, 0.2) is 0 Å². The fraction of sp³-hybridized carbons (Fsp3) is 1.00. The van der Waals surface area contributed by atoms with Gasteiger partial charge in [0.1, 0.15) is 0 Å². The van der Waals surface area contributed by atoms with Crippen molar-refractivity contribution >= 4 is 0 Å². The van der Waals surface area contributed by atoms with E-state index in [2.05, 4.69) is 11.9 Å². The quantitative estimate of drug-likeness (QED) is 0.545. The van der Waals surface area contributed by atoms with Crippen LogP contribution in [-0.4, -0.2) is 38.3 Å². The van der Waals surface area contributed by atoms with Crippen molar-refractivity contribution in [1.82, 2.24) is 4.90 Å². The molecule has 0 N–H and O–H groups in total. The van der Waals surface area contributed by atoms with Crippen molar-refractivity contribution in [1.29, 1.82) is 0 Å². The van der Waals surface area contributed by atoms with Crippen molar-refractivity contribution in [3.63, 3.8) is 0 Å². The van der Waals surface area contributed by atoms with Gasteiger partial charge in [-0.25, -0.2) is 0 Å². The van der Waals surface area contributed by atoms with Crippen LogP contribution in [0, 0.1) is 5.41 Å². The van der Waals surface area contributed by atoms with E-state index in [-0.39, 0.29) is 0 Å². The molecule has 0 bridgehead atoms. The van der Waals surface area contributed by atoms with E-state index in [1.165, 1.54) is 38.8 Å². The SMILES string of the molecule is CN1CCC2(CCOCC2)CC1. The lowest BCUT2D eigenvalue weighted by Gasteiger charge is -2.43. The van der Waals surface area contributed by atoms with Gasteiger partial charge in [-0.3, -0.25) is 0 Å². The van der Waals surface area contributed by atoms with Crippen LogP contribution in [0.25, 0.3) is 0 Å². The number of piperidine rings is 1. The van der Waals surface area contributed by atoms with E-state index in [9.17, 15) is 0 Å². The third-order valence-electron chi connectivity index (χ3n) is 3.60. The molecule has 0 aromatic rings. The van der Waals surface area contributed by atoms with Crippen LogP contribution in [0.2, 0.25) is 0 Å². The molecule has 0 aliphatic carbocycles. The highest BCUT2D eigenvalue weighted by molar-refractivity contribution is 4.86. The van der Waals surface area contributed by atoms with E-state index in [0.717, 1.165) is 13.2 Å². The predicted octanol–water partition coefficient (Wildman–Crippen LogP) is 1.51. The molecule has 0 aromatic carbocycles. The zero-order valence-electron chi connectivity index (χ0n) is 8.01. The number of nitrogens with zero attached hydrogens (tertiary/aromatic N) is 1. The fourth-order valence-electron chi connectivity index (χ4n) is 2.40. The predicted molar refractivity (Wildman–Crippen MR) is 49.2 cm³/mol. The van der Waals surface area contributed by atoms with E-state index < -0.39 is 0 Å². The van der Waals surface area contributed by atoms with E-state index in [0.29, 0.717) is 5.41 Å². The van der Waals surface area contributed by atoms with E-state index in [1.54, 1.807) is 0 Å². The standard InChI is InChI=1S/C10H19NO/c1-11-6-2-10(3-7-11)4-8-12-9-5-10/h2-9H2,1H3. The molecule has 0 atom stereocenters. The van der Waals surface area contributed by atoms with Crippen LogP contribution in [0.4, 0.5) is 0 Å². The van der Waals surface area contributed by atoms with Gasteiger partial charge in [-0.05, 0) is 51.2 Å². The highest BCUT2D eigenvalue weighted by Crippen LogP contribution is 2.40. The summed E-state index contributed by atoms with van der Waals surface area (Å²) < 4.78 is 5.41. The Labute approximate surface area is 74.9 Å². The van der Waals surface area contributed by atoms with Crippen molar-refractivity contribution in [2.24, 2.45) is 5.41 Å². The maximum Gasteiger partial charge on any atom is 0.0471 e. The second-order valence-electron chi connectivity index (χ2n) is 4.42. The number of rotatable bonds is 0. The molecule has 0 aromatic heterocycles. The maximum absolute atomic E-state index is 5.41. The summed E-state index contributed by atoms with van der Waals surface area (Å²) in [6, 6.07) is 0. The average molecular weight is 169 g/mol. The number of ether oxygens (including phenoxy) is 1. The minimum Gasteiger partial charge on any atom is -0.381 e. The summed E-state index contributed by atoms with van der Waals surface area (Å²) in [4.78, 5) is 2.45. The van der Waals surface area contributed by atoms with Crippen molar-refractivity contribution in [2.75, 3.05) is 33.4 Å². The molecule has 2 aliphatic rings. The lowest BCUT2D eigenvalue weighted by atomic mass is 9.73. The summed E-state index contributed by atoms with van der Waals surface area (Å²) in [5.74, 6) is 0. The number of hydrogen-bond donors (Lipinski definition) is 0. The van der Waals surface area contributed by atoms with E-state index in [1.807, 2.05) is 0 Å². The van der Waals surface area contributed by atoms with Crippen molar-refractivity contribution < 1.29 is 4.74 Å². The second-order valence-corrected chi connectivity index (χ2v) is 4.42. The van der Waals surface area contributed by atoms with Crippen LogP contribution in [0.3, 0.4) is 0 Å². The first-order valence-electron chi connectivity index (χ1n) is 5.07. The van der Waals surface area contributed by atoms with Crippen LogP contribution in [0.15, 0.2) is 0 Å². The third-order valence-corrected chi connectivity index (χ3v) is 3.60. The van der Waals surface area contributed by atoms with Gasteiger partial charge in [-0.2, -0.15) is 0 Å². The van der Waals surface area contributed by atoms with Gasteiger partial charge in [-0.1, -0.05) is 0 Å². The summed E-state index contributed by atoms with van der Waals surface area (Å²) in [5.41, 5.74) is 0.671. The molecule has 0 unspecified atom stereocenters. The van der Waals surface area contributed by atoms with Gasteiger partial charge >= 0.3 is 0 Å². The van der Waals surface area contributed by atoms with Crippen molar-refractivity contribution in [3.8, 4) is 0 Å². The Morgan fingerprint density at radius 2 is 1.58 bits per heavy atom. The first-order chi connectivity index (χ1) is 5.81. The molecule has 12 heavy (non-hydrogen) atoms. The molecule has 2 nitrogen and oxygen atoms in total. The Kier molecular flexibility index (Phi) is 2.37. The molecule has 2 heterocycles. The van der Waals surface area contributed by atoms with E-state index >= 15 is 0 Å². The highest BCUT2D eigenvalue weighted by Gasteiger charge is 2.34. The zero-order valence-corrected chi connectivity index (χ0v) is 8.01. The topological polar surface area (TPSA) is 12.5 Å². The first-order valence-corrected chi connectivity index (χ1v) is 5.07. The summed E-state index contributed by atoms with van der Waals surface area (Å²) in [6.45, 7) is 4.59. The van der Waals surface area contributed by atoms with Gasteiger partial charge in [0.05, 0.1) is 0 Å². The molecule has 1 spiro atoms. The lowest BCUT2D eigenvalue weighted by Crippen LogP contribution is -2.41. The van der Waals surface area contributed by atoms with Gasteiger partial charge in [-0.15, -0.1) is 0 Å². The summed E-state index contributed by atoms with van der Waals surface area (Å²) in [7, 11) is 2.23. The number of likely N-dealkylation sites (tertiary alicyclic amines) is 1. The molecule has 2 saturated heterocycles. The summed E-state index contributed by atoms with van der Waals surface area (Å²) in [5, 5.41) is 0. The van der Waals surface area contributed by atoms with E-state index in [4.69, 9.17) is 4.74 Å². The molecule has 0 amide bonds. The van der Waals surface area contributed by atoms with Crippen LogP contribution < -0.4 is 0 Å².